The summed E-state index contributed by atoms with van der Waals surface area (Å²) in [7, 11) is -3.57. The SMILES string of the molecule is C[Si](C)(C)/C=C/[Si](C)(C)F. The highest BCUT2D eigenvalue weighted by Gasteiger charge is 2.17. The molecular weight excluding hydrogens is 159 g/mol. The maximum atomic E-state index is 13.0. The Kier molecular flexibility index (Phi) is 3.04. The molecule has 0 aromatic heterocycles. The Hall–Kier alpha value is 0.104. The molecule has 0 radical (unpaired) electrons. The Morgan fingerprint density at radius 3 is 1.40 bits per heavy atom. The first-order valence-electron chi connectivity index (χ1n) is 3.60. The third-order valence-corrected chi connectivity index (χ3v) is 3.44. The number of halogens is 1. The minimum absolute atomic E-state index is 1.15. The van der Waals surface area contributed by atoms with Crippen LogP contribution in [-0.2, 0) is 0 Å². The van der Waals surface area contributed by atoms with Crippen LogP contribution in [0.15, 0.2) is 11.4 Å². The third-order valence-electron chi connectivity index (χ3n) is 0.980. The summed E-state index contributed by atoms with van der Waals surface area (Å²) in [4.78, 5) is 0. The molecule has 0 rings (SSSR count). The average Bonchev–Trinajstić information content (AvgIpc) is 1.57. The highest BCUT2D eigenvalue weighted by Crippen LogP contribution is 2.09. The van der Waals surface area contributed by atoms with E-state index in [2.05, 4.69) is 25.3 Å². The lowest BCUT2D eigenvalue weighted by Gasteiger charge is -2.11. The number of hydrogen-bond donors (Lipinski definition) is 0. The van der Waals surface area contributed by atoms with Crippen molar-refractivity contribution in [2.45, 2.75) is 32.7 Å². The minimum Gasteiger partial charge on any atom is -0.309 e. The molecule has 0 spiro atoms. The van der Waals surface area contributed by atoms with E-state index in [1.165, 1.54) is 0 Å². The predicted molar refractivity (Wildman–Crippen MR) is 51.1 cm³/mol. The second-order valence-corrected chi connectivity index (χ2v) is 12.8. The number of hydrogen-bond acceptors (Lipinski definition) is 0. The first kappa shape index (κ1) is 10.1. The fraction of sp³-hybridized carbons (Fsp3) is 0.714. The van der Waals surface area contributed by atoms with Crippen LogP contribution >= 0.6 is 0 Å². The van der Waals surface area contributed by atoms with Gasteiger partial charge in [0.25, 0.3) is 8.41 Å². The molecule has 0 N–H and O–H groups in total. The molecule has 0 heterocycles. The second kappa shape index (κ2) is 3.01. The quantitative estimate of drug-likeness (QED) is 0.448. The van der Waals surface area contributed by atoms with Crippen LogP contribution in [0.2, 0.25) is 32.7 Å². The molecule has 0 saturated heterocycles. The fourth-order valence-electron chi connectivity index (χ4n) is 0.448. The summed E-state index contributed by atoms with van der Waals surface area (Å²) in [5, 5.41) is 0. The zero-order valence-electron chi connectivity index (χ0n) is 7.53. The smallest absolute Gasteiger partial charge is 0.263 e. The van der Waals surface area contributed by atoms with Gasteiger partial charge in [0.2, 0.25) is 0 Å². The van der Waals surface area contributed by atoms with Crippen molar-refractivity contribution in [2.75, 3.05) is 0 Å². The van der Waals surface area contributed by atoms with Gasteiger partial charge in [0.1, 0.15) is 0 Å². The molecule has 10 heavy (non-hydrogen) atoms. The topological polar surface area (TPSA) is 0 Å². The second-order valence-electron chi connectivity index (χ2n) is 4.26. The minimum atomic E-state index is -2.41. The Bertz CT molecular complexity index is 112. The van der Waals surface area contributed by atoms with Crippen molar-refractivity contribution in [1.82, 2.24) is 0 Å². The molecule has 0 aliphatic rings. The molecule has 0 nitrogen and oxygen atoms in total. The third kappa shape index (κ3) is 8.10. The molecular formula is C7H17FSi2. The van der Waals surface area contributed by atoms with E-state index in [1.54, 1.807) is 18.8 Å². The Labute approximate surface area is 65.3 Å². The van der Waals surface area contributed by atoms with Crippen LogP contribution in [-0.4, -0.2) is 16.5 Å². The van der Waals surface area contributed by atoms with Crippen LogP contribution in [0, 0.1) is 0 Å². The van der Waals surface area contributed by atoms with Crippen LogP contribution in [0.3, 0.4) is 0 Å². The first-order chi connectivity index (χ1) is 4.21. The molecule has 0 aromatic carbocycles. The molecule has 0 aliphatic carbocycles. The largest absolute Gasteiger partial charge is 0.309 e. The summed E-state index contributed by atoms with van der Waals surface area (Å²) < 4.78 is 13.0. The summed E-state index contributed by atoms with van der Waals surface area (Å²) in [5.41, 5.74) is 3.90. The molecule has 60 valence electrons. The fourth-order valence-corrected chi connectivity index (χ4v) is 4.03. The van der Waals surface area contributed by atoms with Crippen molar-refractivity contribution in [3.05, 3.63) is 11.4 Å². The van der Waals surface area contributed by atoms with Gasteiger partial charge in [-0.3, -0.25) is 0 Å². The van der Waals surface area contributed by atoms with Gasteiger partial charge in [0, 0.05) is 0 Å². The van der Waals surface area contributed by atoms with Gasteiger partial charge >= 0.3 is 0 Å². The van der Waals surface area contributed by atoms with Crippen LogP contribution in [0.25, 0.3) is 0 Å². The molecule has 3 heteroatoms. The highest BCUT2D eigenvalue weighted by atomic mass is 28.4. The van der Waals surface area contributed by atoms with Gasteiger partial charge in [-0.15, -0.1) is 5.70 Å². The summed E-state index contributed by atoms with van der Waals surface area (Å²) in [6.45, 7) is 10.1. The molecule has 0 saturated carbocycles. The van der Waals surface area contributed by atoms with Gasteiger partial charge in [-0.05, 0) is 13.1 Å². The molecule has 0 atom stereocenters. The van der Waals surface area contributed by atoms with E-state index in [-0.39, 0.29) is 0 Å². The lowest BCUT2D eigenvalue weighted by atomic mass is 11.2. The first-order valence-corrected chi connectivity index (χ1v) is 10.1. The van der Waals surface area contributed by atoms with Crippen molar-refractivity contribution in [3.63, 3.8) is 0 Å². The zero-order valence-corrected chi connectivity index (χ0v) is 9.53. The van der Waals surface area contributed by atoms with E-state index < -0.39 is 16.5 Å². The monoisotopic (exact) mass is 176 g/mol. The normalized spacial score (nSPS) is 14.6. The zero-order chi connectivity index (χ0) is 8.41. The maximum absolute atomic E-state index is 13.0. The molecule has 0 aliphatic heterocycles. The van der Waals surface area contributed by atoms with Crippen molar-refractivity contribution < 1.29 is 4.11 Å². The van der Waals surface area contributed by atoms with Crippen LogP contribution < -0.4 is 0 Å². The van der Waals surface area contributed by atoms with Crippen molar-refractivity contribution in [2.24, 2.45) is 0 Å². The van der Waals surface area contributed by atoms with Gasteiger partial charge in [-0.25, -0.2) is 0 Å². The van der Waals surface area contributed by atoms with Gasteiger partial charge < -0.3 is 4.11 Å². The summed E-state index contributed by atoms with van der Waals surface area (Å²) in [6, 6.07) is 0. The predicted octanol–water partition coefficient (Wildman–Crippen LogP) is 3.13. The van der Waals surface area contributed by atoms with E-state index >= 15 is 0 Å². The average molecular weight is 176 g/mol. The van der Waals surface area contributed by atoms with Crippen LogP contribution in [0.4, 0.5) is 4.11 Å². The van der Waals surface area contributed by atoms with E-state index in [1.807, 2.05) is 0 Å². The lowest BCUT2D eigenvalue weighted by molar-refractivity contribution is 0.820. The van der Waals surface area contributed by atoms with E-state index in [0.717, 1.165) is 0 Å². The maximum Gasteiger partial charge on any atom is 0.263 e. The van der Waals surface area contributed by atoms with E-state index in [9.17, 15) is 4.11 Å². The molecule has 0 aromatic rings. The Morgan fingerprint density at radius 2 is 1.30 bits per heavy atom. The van der Waals surface area contributed by atoms with Gasteiger partial charge in [0.15, 0.2) is 0 Å². The molecule has 0 unspecified atom stereocenters. The van der Waals surface area contributed by atoms with Crippen LogP contribution in [0.5, 0.6) is 0 Å². The lowest BCUT2D eigenvalue weighted by Crippen LogP contribution is -2.21. The number of rotatable bonds is 2. The van der Waals surface area contributed by atoms with Crippen LogP contribution in [0.1, 0.15) is 0 Å². The highest BCUT2D eigenvalue weighted by molar-refractivity contribution is 6.84. The summed E-state index contributed by atoms with van der Waals surface area (Å²) in [6.07, 6.45) is 0. The molecule has 0 amide bonds. The summed E-state index contributed by atoms with van der Waals surface area (Å²) >= 11 is 0. The van der Waals surface area contributed by atoms with E-state index in [0.29, 0.717) is 0 Å². The van der Waals surface area contributed by atoms with Gasteiger partial charge in [-0.1, -0.05) is 25.3 Å². The standard InChI is InChI=1S/C7H17FSi2/c1-9(2,3)6-7-10(4,5)8/h6-7H,1-5H3/b7-6+. The van der Waals surface area contributed by atoms with Gasteiger partial charge in [0.05, 0.1) is 8.07 Å². The van der Waals surface area contributed by atoms with Crippen molar-refractivity contribution in [1.29, 1.82) is 0 Å². The van der Waals surface area contributed by atoms with Crippen molar-refractivity contribution in [3.8, 4) is 0 Å². The molecule has 0 fully saturated rings. The molecule has 0 bridgehead atoms. The summed E-state index contributed by atoms with van der Waals surface area (Å²) in [5.74, 6) is 0. The van der Waals surface area contributed by atoms with Gasteiger partial charge in [-0.2, -0.15) is 0 Å². The Morgan fingerprint density at radius 1 is 0.900 bits per heavy atom. The van der Waals surface area contributed by atoms with E-state index in [4.69, 9.17) is 0 Å². The Balaban J connectivity index is 4.01. The van der Waals surface area contributed by atoms with Crippen molar-refractivity contribution >= 4 is 16.5 Å².